The average molecular weight is 271 g/mol. The van der Waals surface area contributed by atoms with Crippen LogP contribution in [0.3, 0.4) is 0 Å². The summed E-state index contributed by atoms with van der Waals surface area (Å²) in [4.78, 5) is 11.6. The van der Waals surface area contributed by atoms with Crippen molar-refractivity contribution in [3.05, 3.63) is 29.3 Å². The zero-order chi connectivity index (χ0) is 13.6. The quantitative estimate of drug-likeness (QED) is 0.831. The van der Waals surface area contributed by atoms with Crippen LogP contribution < -0.4 is 15.8 Å². The van der Waals surface area contributed by atoms with E-state index in [1.807, 2.05) is 13.8 Å². The van der Waals surface area contributed by atoms with Crippen LogP contribution in [-0.4, -0.2) is 24.6 Å². The van der Waals surface area contributed by atoms with Crippen LogP contribution in [0.1, 0.15) is 20.3 Å². The molecule has 0 spiro atoms. The van der Waals surface area contributed by atoms with E-state index in [9.17, 15) is 4.79 Å². The van der Waals surface area contributed by atoms with Gasteiger partial charge in [-0.25, -0.2) is 0 Å². The molecule has 0 saturated heterocycles. The van der Waals surface area contributed by atoms with E-state index in [1.165, 1.54) is 0 Å². The highest BCUT2D eigenvalue weighted by Gasteiger charge is 2.17. The molecule has 0 heterocycles. The summed E-state index contributed by atoms with van der Waals surface area (Å²) in [6.07, 6.45) is 0.288. The van der Waals surface area contributed by atoms with Crippen molar-refractivity contribution in [2.24, 2.45) is 5.73 Å². The Bertz CT molecular complexity index is 408. The lowest BCUT2D eigenvalue weighted by atomic mass is 10.1. The number of rotatable bonds is 6. The molecule has 3 N–H and O–H groups in total. The van der Waals surface area contributed by atoms with Crippen LogP contribution in [0.4, 0.5) is 0 Å². The van der Waals surface area contributed by atoms with E-state index in [4.69, 9.17) is 22.1 Å². The summed E-state index contributed by atoms with van der Waals surface area (Å²) in [5.41, 5.74) is 5.15. The molecule has 0 unspecified atom stereocenters. The molecule has 0 aliphatic rings. The van der Waals surface area contributed by atoms with Crippen molar-refractivity contribution in [3.63, 3.8) is 0 Å². The standard InChI is InChI=1S/C13H19ClN2O2/c1-13(2,9-15)16-12(17)6-7-18-11-5-3-4-10(14)8-11/h3-5,8H,6-7,9,15H2,1-2H3,(H,16,17). The minimum absolute atomic E-state index is 0.0764. The van der Waals surface area contributed by atoms with E-state index >= 15 is 0 Å². The first kappa shape index (κ1) is 14.8. The lowest BCUT2D eigenvalue weighted by molar-refractivity contribution is -0.123. The summed E-state index contributed by atoms with van der Waals surface area (Å²) in [7, 11) is 0. The number of nitrogens with one attached hydrogen (secondary N) is 1. The van der Waals surface area contributed by atoms with E-state index in [0.717, 1.165) is 0 Å². The number of amides is 1. The molecule has 0 bridgehead atoms. The molecule has 0 aromatic heterocycles. The van der Waals surface area contributed by atoms with Crippen molar-refractivity contribution < 1.29 is 9.53 Å². The Balaban J connectivity index is 2.32. The zero-order valence-electron chi connectivity index (χ0n) is 10.7. The van der Waals surface area contributed by atoms with Crippen molar-refractivity contribution in [2.45, 2.75) is 25.8 Å². The second-order valence-corrected chi connectivity index (χ2v) is 5.13. The van der Waals surface area contributed by atoms with E-state index in [-0.39, 0.29) is 17.9 Å². The van der Waals surface area contributed by atoms with Gasteiger partial charge in [-0.05, 0) is 32.0 Å². The van der Waals surface area contributed by atoms with Gasteiger partial charge in [-0.1, -0.05) is 17.7 Å². The van der Waals surface area contributed by atoms with Crippen LogP contribution in [0.5, 0.6) is 5.75 Å². The second-order valence-electron chi connectivity index (χ2n) is 4.69. The predicted octanol–water partition coefficient (Wildman–Crippen LogP) is 1.96. The Morgan fingerprint density at radius 1 is 1.50 bits per heavy atom. The SMILES string of the molecule is CC(C)(CN)NC(=O)CCOc1cccc(Cl)c1. The highest BCUT2D eigenvalue weighted by molar-refractivity contribution is 6.30. The Morgan fingerprint density at radius 2 is 2.22 bits per heavy atom. The van der Waals surface area contributed by atoms with E-state index in [0.29, 0.717) is 23.9 Å². The second kappa shape index (κ2) is 6.61. The number of ether oxygens (including phenoxy) is 1. The molecule has 0 aliphatic carbocycles. The molecule has 1 amide bonds. The van der Waals surface area contributed by atoms with Crippen LogP contribution in [0.15, 0.2) is 24.3 Å². The topological polar surface area (TPSA) is 64.3 Å². The first-order chi connectivity index (χ1) is 8.43. The summed E-state index contributed by atoms with van der Waals surface area (Å²) < 4.78 is 5.43. The molecule has 0 radical (unpaired) electrons. The van der Waals surface area contributed by atoms with Crippen LogP contribution in [-0.2, 0) is 4.79 Å². The molecule has 4 nitrogen and oxygen atoms in total. The normalized spacial score (nSPS) is 11.1. The van der Waals surface area contributed by atoms with Crippen molar-refractivity contribution in [3.8, 4) is 5.75 Å². The van der Waals surface area contributed by atoms with Crippen LogP contribution in [0.25, 0.3) is 0 Å². The van der Waals surface area contributed by atoms with Gasteiger partial charge in [-0.2, -0.15) is 0 Å². The van der Waals surface area contributed by atoms with E-state index in [1.54, 1.807) is 24.3 Å². The molecule has 0 atom stereocenters. The molecule has 100 valence electrons. The van der Waals surface area contributed by atoms with Crippen LogP contribution in [0.2, 0.25) is 5.02 Å². The molecule has 1 aromatic rings. The van der Waals surface area contributed by atoms with E-state index < -0.39 is 0 Å². The average Bonchev–Trinajstić information content (AvgIpc) is 2.28. The van der Waals surface area contributed by atoms with Gasteiger partial charge in [0.1, 0.15) is 5.75 Å². The predicted molar refractivity (Wildman–Crippen MR) is 72.8 cm³/mol. The maximum Gasteiger partial charge on any atom is 0.223 e. The maximum absolute atomic E-state index is 11.6. The summed E-state index contributed by atoms with van der Waals surface area (Å²) in [5.74, 6) is 0.584. The fourth-order valence-corrected chi connectivity index (χ4v) is 1.49. The van der Waals surface area contributed by atoms with Crippen LogP contribution in [0, 0.1) is 0 Å². The van der Waals surface area contributed by atoms with Gasteiger partial charge in [0.25, 0.3) is 0 Å². The zero-order valence-corrected chi connectivity index (χ0v) is 11.5. The number of halogens is 1. The highest BCUT2D eigenvalue weighted by atomic mass is 35.5. The summed E-state index contributed by atoms with van der Waals surface area (Å²) >= 11 is 5.82. The third-order valence-corrected chi connectivity index (χ3v) is 2.62. The number of nitrogens with two attached hydrogens (primary N) is 1. The van der Waals surface area contributed by atoms with Gasteiger partial charge in [0, 0.05) is 17.1 Å². The van der Waals surface area contributed by atoms with Crippen molar-refractivity contribution in [2.75, 3.05) is 13.2 Å². The molecule has 1 aromatic carbocycles. The Kier molecular flexibility index (Phi) is 5.44. The smallest absolute Gasteiger partial charge is 0.223 e. The van der Waals surface area contributed by atoms with Crippen molar-refractivity contribution in [1.82, 2.24) is 5.32 Å². The van der Waals surface area contributed by atoms with Crippen molar-refractivity contribution in [1.29, 1.82) is 0 Å². The molecular weight excluding hydrogens is 252 g/mol. The largest absolute Gasteiger partial charge is 0.493 e. The Labute approximate surface area is 112 Å². The van der Waals surface area contributed by atoms with Crippen molar-refractivity contribution >= 4 is 17.5 Å². The van der Waals surface area contributed by atoms with Gasteiger partial charge in [0.15, 0.2) is 0 Å². The first-order valence-corrected chi connectivity index (χ1v) is 6.20. The number of hydrogen-bond acceptors (Lipinski definition) is 3. The molecule has 0 fully saturated rings. The summed E-state index contributed by atoms with van der Waals surface area (Å²) in [6, 6.07) is 7.08. The molecule has 1 rings (SSSR count). The first-order valence-electron chi connectivity index (χ1n) is 5.82. The Hall–Kier alpha value is -1.26. The molecule has 0 aliphatic heterocycles. The van der Waals surface area contributed by atoms with Gasteiger partial charge in [-0.15, -0.1) is 0 Å². The number of benzene rings is 1. The lowest BCUT2D eigenvalue weighted by Crippen LogP contribution is -2.49. The third kappa shape index (κ3) is 5.38. The van der Waals surface area contributed by atoms with Gasteiger partial charge in [-0.3, -0.25) is 4.79 Å². The molecule has 0 saturated carbocycles. The van der Waals surface area contributed by atoms with Crippen LogP contribution >= 0.6 is 11.6 Å². The van der Waals surface area contributed by atoms with Gasteiger partial charge in [0.2, 0.25) is 5.91 Å². The number of carbonyl (C=O) groups excluding carboxylic acids is 1. The summed E-state index contributed by atoms with van der Waals surface area (Å²) in [5, 5.41) is 3.45. The third-order valence-electron chi connectivity index (χ3n) is 2.38. The maximum atomic E-state index is 11.6. The fraction of sp³-hybridized carbons (Fsp3) is 0.462. The lowest BCUT2D eigenvalue weighted by Gasteiger charge is -2.24. The molecule has 18 heavy (non-hydrogen) atoms. The van der Waals surface area contributed by atoms with Gasteiger partial charge in [0.05, 0.1) is 13.0 Å². The number of hydrogen-bond donors (Lipinski definition) is 2. The van der Waals surface area contributed by atoms with Gasteiger partial charge < -0.3 is 15.8 Å². The monoisotopic (exact) mass is 270 g/mol. The molecule has 5 heteroatoms. The fourth-order valence-electron chi connectivity index (χ4n) is 1.31. The van der Waals surface area contributed by atoms with Gasteiger partial charge >= 0.3 is 0 Å². The molecular formula is C13H19ClN2O2. The minimum atomic E-state index is -0.382. The number of carbonyl (C=O) groups is 1. The highest BCUT2D eigenvalue weighted by Crippen LogP contribution is 2.17. The Morgan fingerprint density at radius 3 is 2.83 bits per heavy atom. The van der Waals surface area contributed by atoms with E-state index in [2.05, 4.69) is 5.32 Å². The summed E-state index contributed by atoms with van der Waals surface area (Å²) in [6.45, 7) is 4.46. The minimum Gasteiger partial charge on any atom is -0.493 e.